The number of nitrogens with zero attached hydrogens (tertiary/aromatic N) is 3. The number of halogens is 2. The normalized spacial score (nSPS) is 10.6. The van der Waals surface area contributed by atoms with Crippen molar-refractivity contribution in [1.29, 1.82) is 0 Å². The third-order valence-electron chi connectivity index (χ3n) is 2.30. The molecule has 2 aromatic rings. The molecule has 0 aliphatic rings. The van der Waals surface area contributed by atoms with Crippen LogP contribution < -0.4 is 21.9 Å². The van der Waals surface area contributed by atoms with Gasteiger partial charge in [0.05, 0.1) is 0 Å². The van der Waals surface area contributed by atoms with Crippen LogP contribution in [-0.4, -0.2) is 21.0 Å². The zero-order chi connectivity index (χ0) is 15.4. The minimum atomic E-state index is 0.173. The average Bonchev–Trinajstić information content (AvgIpc) is 2.36. The van der Waals surface area contributed by atoms with E-state index in [1.54, 1.807) is 18.2 Å². The van der Waals surface area contributed by atoms with E-state index in [-0.39, 0.29) is 12.0 Å². The van der Waals surface area contributed by atoms with Crippen molar-refractivity contribution in [3.8, 4) is 0 Å². The Labute approximate surface area is 132 Å². The number of anilines is 4. The first-order chi connectivity index (χ1) is 9.96. The molecule has 0 aliphatic heterocycles. The van der Waals surface area contributed by atoms with E-state index in [9.17, 15) is 0 Å². The second-order valence-corrected chi connectivity index (χ2v) is 5.41. The second kappa shape index (κ2) is 6.75. The third-order valence-corrected chi connectivity index (χ3v) is 2.74. The fourth-order valence-electron chi connectivity index (χ4n) is 1.57. The first-order valence-electron chi connectivity index (χ1n) is 6.18. The molecule has 0 bridgehead atoms. The summed E-state index contributed by atoms with van der Waals surface area (Å²) in [6, 6.07) is 5.23. The summed E-state index contributed by atoms with van der Waals surface area (Å²) in [5.41, 5.74) is 3.06. The average molecular weight is 328 g/mol. The largest absolute Gasteiger partial charge is 0.352 e. The van der Waals surface area contributed by atoms with Crippen LogP contribution in [0.4, 0.5) is 23.5 Å². The topological polar surface area (TPSA) is 101 Å². The summed E-state index contributed by atoms with van der Waals surface area (Å²) in [5, 5.41) is 7.11. The molecule has 2 rings (SSSR count). The van der Waals surface area contributed by atoms with Crippen LogP contribution in [0.2, 0.25) is 10.0 Å². The van der Waals surface area contributed by atoms with Gasteiger partial charge in [-0.05, 0) is 32.0 Å². The molecule has 1 heterocycles. The van der Waals surface area contributed by atoms with Gasteiger partial charge in [0, 0.05) is 21.8 Å². The fraction of sp³-hybridized carbons (Fsp3) is 0.250. The Morgan fingerprint density at radius 1 is 0.952 bits per heavy atom. The molecule has 0 aliphatic carbocycles. The van der Waals surface area contributed by atoms with Crippen molar-refractivity contribution in [1.82, 2.24) is 15.0 Å². The summed E-state index contributed by atoms with van der Waals surface area (Å²) < 4.78 is 0. The summed E-state index contributed by atoms with van der Waals surface area (Å²) in [7, 11) is 0. The van der Waals surface area contributed by atoms with Crippen molar-refractivity contribution in [3.05, 3.63) is 28.2 Å². The van der Waals surface area contributed by atoms with E-state index >= 15 is 0 Å². The van der Waals surface area contributed by atoms with Crippen molar-refractivity contribution in [3.63, 3.8) is 0 Å². The quantitative estimate of drug-likeness (QED) is 0.494. The van der Waals surface area contributed by atoms with Crippen LogP contribution in [0, 0.1) is 0 Å². The molecule has 9 heteroatoms. The summed E-state index contributed by atoms with van der Waals surface area (Å²) in [6.45, 7) is 3.95. The monoisotopic (exact) mass is 327 g/mol. The number of hydrogen-bond acceptors (Lipinski definition) is 7. The van der Waals surface area contributed by atoms with Crippen molar-refractivity contribution >= 4 is 46.7 Å². The van der Waals surface area contributed by atoms with Crippen LogP contribution >= 0.6 is 23.2 Å². The van der Waals surface area contributed by atoms with Gasteiger partial charge in [0.15, 0.2) is 0 Å². The number of nitrogens with one attached hydrogen (secondary N) is 3. The van der Waals surface area contributed by atoms with E-state index in [2.05, 4.69) is 31.0 Å². The van der Waals surface area contributed by atoms with E-state index < -0.39 is 0 Å². The first-order valence-corrected chi connectivity index (χ1v) is 6.94. The van der Waals surface area contributed by atoms with Crippen LogP contribution in [-0.2, 0) is 0 Å². The van der Waals surface area contributed by atoms with Gasteiger partial charge in [0.2, 0.25) is 17.8 Å². The molecule has 0 spiro atoms. The van der Waals surface area contributed by atoms with Crippen molar-refractivity contribution in [2.75, 3.05) is 16.1 Å². The van der Waals surface area contributed by atoms with Crippen molar-refractivity contribution in [2.45, 2.75) is 19.9 Å². The van der Waals surface area contributed by atoms with E-state index in [1.165, 1.54) is 0 Å². The third kappa shape index (κ3) is 4.59. The smallest absolute Gasteiger partial charge is 0.243 e. The Hall–Kier alpha value is -1.83. The molecular weight excluding hydrogens is 313 g/mol. The molecule has 5 N–H and O–H groups in total. The molecule has 112 valence electrons. The Bertz CT molecular complexity index is 613. The summed E-state index contributed by atoms with van der Waals surface area (Å²) in [4.78, 5) is 12.5. The molecule has 0 saturated carbocycles. The van der Waals surface area contributed by atoms with Gasteiger partial charge in [-0.2, -0.15) is 15.0 Å². The van der Waals surface area contributed by atoms with Crippen LogP contribution in [0.1, 0.15) is 13.8 Å². The van der Waals surface area contributed by atoms with E-state index in [4.69, 9.17) is 29.0 Å². The van der Waals surface area contributed by atoms with Gasteiger partial charge >= 0.3 is 0 Å². The zero-order valence-electron chi connectivity index (χ0n) is 11.5. The van der Waals surface area contributed by atoms with Gasteiger partial charge in [0.25, 0.3) is 0 Å². The predicted octanol–water partition coefficient (Wildman–Crippen LogP) is 3.03. The summed E-state index contributed by atoms with van der Waals surface area (Å²) >= 11 is 11.9. The van der Waals surface area contributed by atoms with Crippen molar-refractivity contribution in [2.24, 2.45) is 5.84 Å². The number of benzene rings is 1. The highest BCUT2D eigenvalue weighted by atomic mass is 35.5. The first kappa shape index (κ1) is 15.6. The van der Waals surface area contributed by atoms with Crippen LogP contribution in [0.25, 0.3) is 0 Å². The molecule has 7 nitrogen and oxygen atoms in total. The van der Waals surface area contributed by atoms with E-state index in [0.717, 1.165) is 0 Å². The Morgan fingerprint density at radius 2 is 1.52 bits per heavy atom. The molecule has 0 radical (unpaired) electrons. The highest BCUT2D eigenvalue weighted by molar-refractivity contribution is 6.35. The lowest BCUT2D eigenvalue weighted by atomic mass is 10.3. The highest BCUT2D eigenvalue weighted by Gasteiger charge is 2.08. The lowest BCUT2D eigenvalue weighted by Crippen LogP contribution is -2.17. The molecule has 0 unspecified atom stereocenters. The van der Waals surface area contributed by atoms with Crippen LogP contribution in [0.15, 0.2) is 18.2 Å². The maximum absolute atomic E-state index is 5.95. The SMILES string of the molecule is CC(C)Nc1nc(NN)nc(Nc2cc(Cl)cc(Cl)c2)n1. The lowest BCUT2D eigenvalue weighted by molar-refractivity contribution is 0.868. The molecule has 0 amide bonds. The number of hydrogen-bond donors (Lipinski definition) is 4. The number of hydrazine groups is 1. The van der Waals surface area contributed by atoms with Crippen LogP contribution in [0.5, 0.6) is 0 Å². The lowest BCUT2D eigenvalue weighted by Gasteiger charge is -2.12. The summed E-state index contributed by atoms with van der Waals surface area (Å²) in [5.74, 6) is 6.32. The zero-order valence-corrected chi connectivity index (χ0v) is 13.0. The predicted molar refractivity (Wildman–Crippen MR) is 86.1 cm³/mol. The Kier molecular flexibility index (Phi) is 5.00. The van der Waals surface area contributed by atoms with Gasteiger partial charge in [-0.25, -0.2) is 5.84 Å². The Morgan fingerprint density at radius 3 is 2.10 bits per heavy atom. The van der Waals surface area contributed by atoms with Gasteiger partial charge in [0.1, 0.15) is 0 Å². The van der Waals surface area contributed by atoms with E-state index in [1.807, 2.05) is 13.8 Å². The standard InChI is InChI=1S/C12H15Cl2N7/c1-6(2)16-10-18-11(20-12(19-10)21-15)17-9-4-7(13)3-8(14)5-9/h3-6H,15H2,1-2H3,(H3,16,17,18,19,20,21). The molecular formula is C12H15Cl2N7. The summed E-state index contributed by atoms with van der Waals surface area (Å²) in [6.07, 6.45) is 0. The van der Waals surface area contributed by atoms with Gasteiger partial charge < -0.3 is 10.6 Å². The van der Waals surface area contributed by atoms with E-state index in [0.29, 0.717) is 27.6 Å². The molecule has 1 aromatic carbocycles. The molecule has 0 fully saturated rings. The Balaban J connectivity index is 2.29. The van der Waals surface area contributed by atoms with Gasteiger partial charge in [-0.15, -0.1) is 0 Å². The van der Waals surface area contributed by atoms with Gasteiger partial charge in [-0.3, -0.25) is 5.43 Å². The fourth-order valence-corrected chi connectivity index (χ4v) is 2.10. The maximum atomic E-state index is 5.95. The molecule has 21 heavy (non-hydrogen) atoms. The van der Waals surface area contributed by atoms with Crippen LogP contribution in [0.3, 0.4) is 0 Å². The molecule has 0 atom stereocenters. The minimum Gasteiger partial charge on any atom is -0.352 e. The number of nitrogen functional groups attached to an aromatic ring is 1. The minimum absolute atomic E-state index is 0.173. The maximum Gasteiger partial charge on any atom is 0.243 e. The molecule has 0 saturated heterocycles. The van der Waals surface area contributed by atoms with Crippen molar-refractivity contribution < 1.29 is 0 Å². The second-order valence-electron chi connectivity index (χ2n) is 4.53. The van der Waals surface area contributed by atoms with Gasteiger partial charge in [-0.1, -0.05) is 23.2 Å². The highest BCUT2D eigenvalue weighted by Crippen LogP contribution is 2.24. The number of rotatable bonds is 5. The number of aromatic nitrogens is 3. The number of nitrogens with two attached hydrogens (primary N) is 1. The molecule has 1 aromatic heterocycles.